The zero-order valence-corrected chi connectivity index (χ0v) is 14.7. The number of fused-ring (bicyclic) bond motifs is 1. The van der Waals surface area contributed by atoms with Gasteiger partial charge in [-0.2, -0.15) is 0 Å². The van der Waals surface area contributed by atoms with Crippen molar-refractivity contribution in [3.63, 3.8) is 0 Å². The van der Waals surface area contributed by atoms with E-state index in [9.17, 15) is 4.79 Å². The third-order valence-electron chi connectivity index (χ3n) is 3.91. The van der Waals surface area contributed by atoms with Crippen molar-refractivity contribution in [1.29, 1.82) is 0 Å². The average Bonchev–Trinajstić information content (AvgIpc) is 2.87. The molecule has 0 aliphatic rings. The van der Waals surface area contributed by atoms with Crippen molar-refractivity contribution in [2.24, 2.45) is 0 Å². The first kappa shape index (κ1) is 16.4. The van der Waals surface area contributed by atoms with Gasteiger partial charge < -0.3 is 5.11 Å². The molecule has 0 aliphatic heterocycles. The Morgan fingerprint density at radius 3 is 2.46 bits per heavy atom. The highest BCUT2D eigenvalue weighted by Gasteiger charge is 2.11. The number of aromatic nitrogens is 1. The van der Waals surface area contributed by atoms with Crippen LogP contribution in [-0.2, 0) is 4.79 Å². The molecule has 0 spiro atoms. The van der Waals surface area contributed by atoms with Crippen LogP contribution in [0.3, 0.4) is 0 Å². The van der Waals surface area contributed by atoms with Crippen molar-refractivity contribution in [3.8, 4) is 0 Å². The van der Waals surface area contributed by atoms with Crippen LogP contribution < -0.4 is 0 Å². The summed E-state index contributed by atoms with van der Waals surface area (Å²) in [6, 6.07) is 12.4. The lowest BCUT2D eigenvalue weighted by Gasteiger charge is -2.11. The molecule has 24 heavy (non-hydrogen) atoms. The van der Waals surface area contributed by atoms with Crippen molar-refractivity contribution in [2.45, 2.75) is 25.7 Å². The summed E-state index contributed by atoms with van der Waals surface area (Å²) in [4.78, 5) is 12.1. The van der Waals surface area contributed by atoms with E-state index < -0.39 is 5.97 Å². The molecule has 0 atom stereocenters. The first-order chi connectivity index (χ1) is 11.5. The number of hydrogen-bond acceptors (Lipinski definition) is 2. The highest BCUT2D eigenvalue weighted by molar-refractivity contribution is 7.98. The summed E-state index contributed by atoms with van der Waals surface area (Å²) >= 11 is 1.67. The number of carboxylic acid groups (broad SMARTS) is 1. The van der Waals surface area contributed by atoms with Crippen molar-refractivity contribution in [1.82, 2.24) is 3.97 Å². The van der Waals surface area contributed by atoms with Gasteiger partial charge in [-0.25, -0.2) is 4.79 Å². The average molecular weight is 337 g/mol. The van der Waals surface area contributed by atoms with Crippen molar-refractivity contribution in [3.05, 3.63) is 70.9 Å². The third-order valence-corrected chi connectivity index (χ3v) is 5.23. The van der Waals surface area contributed by atoms with Crippen LogP contribution >= 0.6 is 11.9 Å². The molecule has 1 aromatic heterocycles. The molecule has 0 unspecified atom stereocenters. The van der Waals surface area contributed by atoms with E-state index in [0.717, 1.165) is 16.5 Å². The Balaban J connectivity index is 2.09. The molecule has 122 valence electrons. The molecule has 3 rings (SSSR count). The standard InChI is InChI=1S/C20H19NO2S/c1-13-10-14(2)20(15(3)11-13)24-21-12-16(8-9-19(22)23)17-6-4-5-7-18(17)21/h4-12H,1-3H3,(H,22,23)/b9-8+. The minimum absolute atomic E-state index is 0.905. The fourth-order valence-electron chi connectivity index (χ4n) is 2.95. The lowest BCUT2D eigenvalue weighted by Crippen LogP contribution is -1.91. The summed E-state index contributed by atoms with van der Waals surface area (Å²) in [6.45, 7) is 6.35. The number of nitrogens with zero attached hydrogens (tertiary/aromatic N) is 1. The molecule has 0 radical (unpaired) electrons. The maximum absolute atomic E-state index is 10.8. The molecule has 4 heteroatoms. The predicted octanol–water partition coefficient (Wildman–Crippen LogP) is 5.22. The minimum atomic E-state index is -0.940. The van der Waals surface area contributed by atoms with E-state index in [1.165, 1.54) is 27.7 Å². The fourth-order valence-corrected chi connectivity index (χ4v) is 3.98. The summed E-state index contributed by atoms with van der Waals surface area (Å²) in [5.74, 6) is -0.940. The van der Waals surface area contributed by atoms with Gasteiger partial charge in [0.05, 0.1) is 5.52 Å². The molecule has 3 aromatic rings. The van der Waals surface area contributed by atoms with Crippen LogP contribution in [0, 0.1) is 20.8 Å². The Labute approximate surface area is 145 Å². The number of benzene rings is 2. The van der Waals surface area contributed by atoms with Gasteiger partial charge in [0.25, 0.3) is 0 Å². The SMILES string of the molecule is Cc1cc(C)c(Sn2cc(/C=C/C(=O)O)c3ccccc32)c(C)c1. The Bertz CT molecular complexity index is 930. The number of aryl methyl sites for hydroxylation is 3. The van der Waals surface area contributed by atoms with Crippen molar-refractivity contribution in [2.75, 3.05) is 0 Å². The van der Waals surface area contributed by atoms with Crippen LogP contribution in [0.4, 0.5) is 0 Å². The zero-order valence-electron chi connectivity index (χ0n) is 13.9. The van der Waals surface area contributed by atoms with E-state index in [-0.39, 0.29) is 0 Å². The van der Waals surface area contributed by atoms with Gasteiger partial charge in [-0.3, -0.25) is 3.97 Å². The maximum atomic E-state index is 10.8. The monoisotopic (exact) mass is 337 g/mol. The first-order valence-electron chi connectivity index (χ1n) is 7.73. The highest BCUT2D eigenvalue weighted by Crippen LogP contribution is 2.34. The maximum Gasteiger partial charge on any atom is 0.328 e. The van der Waals surface area contributed by atoms with Crippen LogP contribution in [0.15, 0.2) is 53.6 Å². The summed E-state index contributed by atoms with van der Waals surface area (Å²) in [5.41, 5.74) is 5.74. The van der Waals surface area contributed by atoms with Gasteiger partial charge in [-0.05, 0) is 56.0 Å². The molecule has 0 bridgehead atoms. The molecule has 0 saturated heterocycles. The van der Waals surface area contributed by atoms with Crippen molar-refractivity contribution >= 4 is 34.9 Å². The van der Waals surface area contributed by atoms with Crippen molar-refractivity contribution < 1.29 is 9.90 Å². The number of carboxylic acids is 1. The largest absolute Gasteiger partial charge is 0.478 e. The van der Waals surface area contributed by atoms with Crippen LogP contribution in [0.2, 0.25) is 0 Å². The van der Waals surface area contributed by atoms with Gasteiger partial charge in [0.2, 0.25) is 0 Å². The van der Waals surface area contributed by atoms with Gasteiger partial charge in [-0.1, -0.05) is 35.9 Å². The van der Waals surface area contributed by atoms with E-state index in [1.807, 2.05) is 24.4 Å². The molecular formula is C20H19NO2S. The number of para-hydroxylation sites is 1. The summed E-state index contributed by atoms with van der Waals surface area (Å²) in [7, 11) is 0. The van der Waals surface area contributed by atoms with Crippen LogP contribution in [0.25, 0.3) is 17.0 Å². The van der Waals surface area contributed by atoms with Crippen LogP contribution in [0.1, 0.15) is 22.3 Å². The third kappa shape index (κ3) is 3.24. The predicted molar refractivity (Wildman–Crippen MR) is 101 cm³/mol. The van der Waals surface area contributed by atoms with Crippen LogP contribution in [0.5, 0.6) is 0 Å². The van der Waals surface area contributed by atoms with Gasteiger partial charge in [0, 0.05) is 28.1 Å². The quantitative estimate of drug-likeness (QED) is 0.664. The van der Waals surface area contributed by atoms with E-state index in [2.05, 4.69) is 42.9 Å². The lowest BCUT2D eigenvalue weighted by atomic mass is 10.1. The minimum Gasteiger partial charge on any atom is -0.478 e. The molecule has 3 nitrogen and oxygen atoms in total. The molecule has 2 aromatic carbocycles. The topological polar surface area (TPSA) is 42.2 Å². The normalized spacial score (nSPS) is 11.5. The molecule has 0 aliphatic carbocycles. The fraction of sp³-hybridized carbons (Fsp3) is 0.150. The highest BCUT2D eigenvalue weighted by atomic mass is 32.2. The van der Waals surface area contributed by atoms with Gasteiger partial charge in [-0.15, -0.1) is 0 Å². The number of carbonyl (C=O) groups is 1. The Hall–Kier alpha value is -2.46. The molecule has 1 heterocycles. The lowest BCUT2D eigenvalue weighted by molar-refractivity contribution is -0.131. The van der Waals surface area contributed by atoms with Gasteiger partial charge in [0.1, 0.15) is 0 Å². The number of aliphatic carboxylic acids is 1. The second-order valence-electron chi connectivity index (χ2n) is 5.92. The Kier molecular flexibility index (Phi) is 4.49. The summed E-state index contributed by atoms with van der Waals surface area (Å²) in [5, 5.41) is 9.94. The van der Waals surface area contributed by atoms with E-state index in [0.29, 0.717) is 0 Å². The summed E-state index contributed by atoms with van der Waals surface area (Å²) in [6.07, 6.45) is 4.82. The van der Waals surface area contributed by atoms with Gasteiger partial charge in [0.15, 0.2) is 0 Å². The Morgan fingerprint density at radius 2 is 1.79 bits per heavy atom. The first-order valence-corrected chi connectivity index (χ1v) is 8.50. The summed E-state index contributed by atoms with van der Waals surface area (Å²) < 4.78 is 2.11. The smallest absolute Gasteiger partial charge is 0.328 e. The van der Waals surface area contributed by atoms with Gasteiger partial charge >= 0.3 is 5.97 Å². The molecule has 0 amide bonds. The number of rotatable bonds is 4. The molecular weight excluding hydrogens is 318 g/mol. The van der Waals surface area contributed by atoms with E-state index in [4.69, 9.17) is 5.11 Å². The Morgan fingerprint density at radius 1 is 1.12 bits per heavy atom. The second-order valence-corrected chi connectivity index (χ2v) is 6.90. The zero-order chi connectivity index (χ0) is 17.3. The number of hydrogen-bond donors (Lipinski definition) is 1. The molecule has 0 saturated carbocycles. The molecule has 1 N–H and O–H groups in total. The van der Waals surface area contributed by atoms with Crippen LogP contribution in [-0.4, -0.2) is 15.0 Å². The second kappa shape index (κ2) is 6.57. The molecule has 0 fully saturated rings. The van der Waals surface area contributed by atoms with E-state index >= 15 is 0 Å². The van der Waals surface area contributed by atoms with E-state index in [1.54, 1.807) is 18.0 Å².